The van der Waals surface area contributed by atoms with Gasteiger partial charge in [0.05, 0.1) is 11.8 Å². The molecule has 0 aliphatic rings. The van der Waals surface area contributed by atoms with E-state index in [-0.39, 0.29) is 11.8 Å². The molecular weight excluding hydrogens is 235 g/mol. The van der Waals surface area contributed by atoms with Crippen molar-refractivity contribution in [3.63, 3.8) is 0 Å². The number of nitrogens with one attached hydrogen (secondary N) is 2. The van der Waals surface area contributed by atoms with E-state index in [9.17, 15) is 9.18 Å². The number of carbonyl (C=O) groups is 1. The molecular formula is C13H19FN2O2. The molecule has 0 saturated heterocycles. The van der Waals surface area contributed by atoms with Gasteiger partial charge in [0.25, 0.3) is 0 Å². The summed E-state index contributed by atoms with van der Waals surface area (Å²) in [5.41, 5.74) is 0.139. The molecule has 1 aromatic rings. The Morgan fingerprint density at radius 1 is 1.44 bits per heavy atom. The van der Waals surface area contributed by atoms with E-state index in [0.29, 0.717) is 12.3 Å². The van der Waals surface area contributed by atoms with Gasteiger partial charge >= 0.3 is 6.03 Å². The first kappa shape index (κ1) is 14.3. The molecule has 0 atom stereocenters. The van der Waals surface area contributed by atoms with E-state index in [1.54, 1.807) is 6.07 Å². The van der Waals surface area contributed by atoms with Crippen molar-refractivity contribution in [2.75, 3.05) is 11.9 Å². The maximum Gasteiger partial charge on any atom is 0.319 e. The second kappa shape index (κ2) is 6.83. The van der Waals surface area contributed by atoms with Crippen LogP contribution in [0.2, 0.25) is 0 Å². The molecule has 0 aliphatic carbocycles. The van der Waals surface area contributed by atoms with Gasteiger partial charge in [-0.3, -0.25) is 0 Å². The zero-order valence-electron chi connectivity index (χ0n) is 10.9. The normalized spacial score (nSPS) is 10.3. The average molecular weight is 254 g/mol. The van der Waals surface area contributed by atoms with E-state index >= 15 is 0 Å². The van der Waals surface area contributed by atoms with E-state index in [2.05, 4.69) is 10.6 Å². The molecule has 1 rings (SSSR count). The highest BCUT2D eigenvalue weighted by Gasteiger charge is 2.08. The number of ether oxygens (including phenoxy) is 1. The molecule has 4 nitrogen and oxygen atoms in total. The minimum Gasteiger partial charge on any atom is -0.491 e. The van der Waals surface area contributed by atoms with Gasteiger partial charge in [-0.15, -0.1) is 0 Å². The lowest BCUT2D eigenvalue weighted by Crippen LogP contribution is -2.29. The van der Waals surface area contributed by atoms with E-state index in [4.69, 9.17) is 4.74 Å². The van der Waals surface area contributed by atoms with Crippen LogP contribution in [0.15, 0.2) is 18.2 Å². The topological polar surface area (TPSA) is 50.4 Å². The van der Waals surface area contributed by atoms with Crippen molar-refractivity contribution in [2.45, 2.75) is 33.3 Å². The van der Waals surface area contributed by atoms with E-state index in [1.165, 1.54) is 12.1 Å². The fraction of sp³-hybridized carbons (Fsp3) is 0.462. The van der Waals surface area contributed by atoms with Crippen LogP contribution in [0.1, 0.15) is 27.2 Å². The van der Waals surface area contributed by atoms with Crippen LogP contribution < -0.4 is 15.4 Å². The van der Waals surface area contributed by atoms with Gasteiger partial charge in [-0.1, -0.05) is 6.92 Å². The maximum absolute atomic E-state index is 13.7. The Bertz CT molecular complexity index is 408. The predicted octanol–water partition coefficient (Wildman–Crippen LogP) is 3.14. The molecule has 0 heterocycles. The number of anilines is 1. The number of amides is 2. The van der Waals surface area contributed by atoms with Gasteiger partial charge in [0, 0.05) is 12.6 Å². The molecule has 1 aromatic carbocycles. The summed E-state index contributed by atoms with van der Waals surface area (Å²) in [6.07, 6.45) is 0.813. The highest BCUT2D eigenvalue weighted by atomic mass is 19.1. The molecule has 0 bridgehead atoms. The van der Waals surface area contributed by atoms with Crippen LogP contribution in [0.4, 0.5) is 14.9 Å². The first-order valence-electron chi connectivity index (χ1n) is 6.04. The van der Waals surface area contributed by atoms with Crippen LogP contribution in [0.5, 0.6) is 5.75 Å². The van der Waals surface area contributed by atoms with Gasteiger partial charge in [0.2, 0.25) is 0 Å². The SMILES string of the molecule is CCCNC(=O)Nc1ccc(OC(C)C)cc1F. The quantitative estimate of drug-likeness (QED) is 0.848. The van der Waals surface area contributed by atoms with Crippen molar-refractivity contribution < 1.29 is 13.9 Å². The van der Waals surface area contributed by atoms with Crippen LogP contribution >= 0.6 is 0 Å². The summed E-state index contributed by atoms with van der Waals surface area (Å²) in [6, 6.07) is 3.96. The van der Waals surface area contributed by atoms with Crippen molar-refractivity contribution in [1.82, 2.24) is 5.32 Å². The first-order chi connectivity index (χ1) is 8.52. The maximum atomic E-state index is 13.7. The molecule has 0 aliphatic heterocycles. The van der Waals surface area contributed by atoms with E-state index in [1.807, 2.05) is 20.8 Å². The lowest BCUT2D eigenvalue weighted by atomic mass is 10.3. The molecule has 2 N–H and O–H groups in total. The molecule has 0 radical (unpaired) electrons. The van der Waals surface area contributed by atoms with Crippen molar-refractivity contribution >= 4 is 11.7 Å². The molecule has 0 fully saturated rings. The second-order valence-corrected chi connectivity index (χ2v) is 4.19. The van der Waals surface area contributed by atoms with Crippen LogP contribution in [0, 0.1) is 5.82 Å². The predicted molar refractivity (Wildman–Crippen MR) is 69.5 cm³/mol. The smallest absolute Gasteiger partial charge is 0.319 e. The Hall–Kier alpha value is -1.78. The average Bonchev–Trinajstić information content (AvgIpc) is 2.29. The van der Waals surface area contributed by atoms with Crippen LogP contribution in [0.3, 0.4) is 0 Å². The summed E-state index contributed by atoms with van der Waals surface area (Å²) in [6.45, 7) is 6.23. The highest BCUT2D eigenvalue weighted by Crippen LogP contribution is 2.21. The fourth-order valence-corrected chi connectivity index (χ4v) is 1.35. The lowest BCUT2D eigenvalue weighted by molar-refractivity contribution is 0.241. The van der Waals surface area contributed by atoms with Crippen molar-refractivity contribution in [3.8, 4) is 5.75 Å². The van der Waals surface area contributed by atoms with Gasteiger partial charge in [-0.05, 0) is 32.4 Å². The fourth-order valence-electron chi connectivity index (χ4n) is 1.35. The molecule has 2 amide bonds. The zero-order chi connectivity index (χ0) is 13.5. The largest absolute Gasteiger partial charge is 0.491 e. The summed E-state index contributed by atoms with van der Waals surface area (Å²) in [7, 11) is 0. The molecule has 100 valence electrons. The highest BCUT2D eigenvalue weighted by molar-refractivity contribution is 5.89. The van der Waals surface area contributed by atoms with Crippen LogP contribution in [-0.2, 0) is 0 Å². The number of carbonyl (C=O) groups excluding carboxylic acids is 1. The van der Waals surface area contributed by atoms with Crippen LogP contribution in [-0.4, -0.2) is 18.7 Å². The third-order valence-corrected chi connectivity index (χ3v) is 2.10. The van der Waals surface area contributed by atoms with Gasteiger partial charge in [-0.2, -0.15) is 0 Å². The molecule has 0 saturated carbocycles. The Labute approximate surface area is 107 Å². The molecule has 0 aromatic heterocycles. The summed E-state index contributed by atoms with van der Waals surface area (Å²) >= 11 is 0. The lowest BCUT2D eigenvalue weighted by Gasteiger charge is -2.12. The molecule has 0 spiro atoms. The Morgan fingerprint density at radius 2 is 2.17 bits per heavy atom. The number of benzene rings is 1. The number of hydrogen-bond acceptors (Lipinski definition) is 2. The van der Waals surface area contributed by atoms with Gasteiger partial charge in [0.15, 0.2) is 0 Å². The minimum absolute atomic E-state index is 0.0175. The van der Waals surface area contributed by atoms with Gasteiger partial charge in [0.1, 0.15) is 11.6 Å². The third kappa shape index (κ3) is 4.61. The standard InChI is InChI=1S/C13H19FN2O2/c1-4-7-15-13(17)16-12-6-5-10(8-11(12)14)18-9(2)3/h5-6,8-9H,4,7H2,1-3H3,(H2,15,16,17). The molecule has 5 heteroatoms. The number of urea groups is 1. The summed E-state index contributed by atoms with van der Waals surface area (Å²) in [4.78, 5) is 11.4. The van der Waals surface area contributed by atoms with Crippen molar-refractivity contribution in [1.29, 1.82) is 0 Å². The van der Waals surface area contributed by atoms with E-state index in [0.717, 1.165) is 6.42 Å². The molecule has 0 unspecified atom stereocenters. The third-order valence-electron chi connectivity index (χ3n) is 2.10. The van der Waals surface area contributed by atoms with E-state index < -0.39 is 11.8 Å². The van der Waals surface area contributed by atoms with Crippen molar-refractivity contribution in [3.05, 3.63) is 24.0 Å². The Morgan fingerprint density at radius 3 is 2.72 bits per heavy atom. The number of hydrogen-bond donors (Lipinski definition) is 2. The monoisotopic (exact) mass is 254 g/mol. The number of halogens is 1. The first-order valence-corrected chi connectivity index (χ1v) is 6.04. The van der Waals surface area contributed by atoms with Crippen molar-refractivity contribution in [2.24, 2.45) is 0 Å². The minimum atomic E-state index is -0.514. The molecule has 18 heavy (non-hydrogen) atoms. The Kier molecular flexibility index (Phi) is 5.42. The van der Waals surface area contributed by atoms with Gasteiger partial charge < -0.3 is 15.4 Å². The zero-order valence-corrected chi connectivity index (χ0v) is 10.9. The van der Waals surface area contributed by atoms with Gasteiger partial charge in [-0.25, -0.2) is 9.18 Å². The van der Waals surface area contributed by atoms with Crippen LogP contribution in [0.25, 0.3) is 0 Å². The summed E-state index contributed by atoms with van der Waals surface area (Å²) < 4.78 is 19.0. The Balaban J connectivity index is 2.64. The second-order valence-electron chi connectivity index (χ2n) is 4.19. The summed E-state index contributed by atoms with van der Waals surface area (Å²) in [5.74, 6) is -0.0678. The summed E-state index contributed by atoms with van der Waals surface area (Å²) in [5, 5.41) is 5.05. The number of rotatable bonds is 5.